The highest BCUT2D eigenvalue weighted by atomic mass is 35.5. The van der Waals surface area contributed by atoms with E-state index in [9.17, 15) is 19.2 Å². The predicted octanol–water partition coefficient (Wildman–Crippen LogP) is 3.31. The number of ether oxygens (including phenoxy) is 2. The number of esters is 1. The van der Waals surface area contributed by atoms with Crippen molar-refractivity contribution in [1.82, 2.24) is 14.7 Å². The number of nitrogens with zero attached hydrogens (tertiary/aromatic N) is 3. The lowest BCUT2D eigenvalue weighted by Crippen LogP contribution is -2.61. The van der Waals surface area contributed by atoms with Gasteiger partial charge in [0.15, 0.2) is 0 Å². The molecule has 1 fully saturated rings. The Bertz CT molecular complexity index is 1150. The molecule has 1 atom stereocenters. The van der Waals surface area contributed by atoms with Crippen molar-refractivity contribution >= 4 is 58.2 Å². The summed E-state index contributed by atoms with van der Waals surface area (Å²) >= 11 is 13.9. The Morgan fingerprint density at radius 2 is 1.95 bits per heavy atom. The Morgan fingerprint density at radius 3 is 2.62 bits per heavy atom. The Hall–Kier alpha value is -2.66. The normalized spacial score (nSPS) is 15.5. The van der Waals surface area contributed by atoms with Crippen molar-refractivity contribution in [2.45, 2.75) is 32.2 Å². The van der Waals surface area contributed by atoms with Gasteiger partial charge in [-0.25, -0.2) is 0 Å². The fraction of sp³-hybridized carbons (Fsp3) is 0.481. The number of rotatable bonds is 14. The highest BCUT2D eigenvalue weighted by molar-refractivity contribution is 7.09. The van der Waals surface area contributed by atoms with Crippen LogP contribution in [0.2, 0.25) is 10.0 Å². The Morgan fingerprint density at radius 1 is 1.15 bits per heavy atom. The fourth-order valence-corrected chi connectivity index (χ4v) is 5.53. The van der Waals surface area contributed by atoms with Crippen LogP contribution in [-0.2, 0) is 41.5 Å². The summed E-state index contributed by atoms with van der Waals surface area (Å²) in [7, 11) is 1.52. The number of amides is 3. The van der Waals surface area contributed by atoms with E-state index in [1.54, 1.807) is 36.5 Å². The molecular formula is C27H33Cl2N3O6S. The third-order valence-corrected chi connectivity index (χ3v) is 7.90. The smallest absolute Gasteiger partial charge is 0.325 e. The van der Waals surface area contributed by atoms with Crippen LogP contribution in [0, 0.1) is 0 Å². The maximum absolute atomic E-state index is 13.6. The summed E-state index contributed by atoms with van der Waals surface area (Å²) in [5, 5.41) is 2.89. The molecule has 3 amide bonds. The third kappa shape index (κ3) is 8.93. The van der Waals surface area contributed by atoms with E-state index in [4.69, 9.17) is 32.7 Å². The van der Waals surface area contributed by atoms with Crippen molar-refractivity contribution in [2.24, 2.45) is 0 Å². The molecule has 1 aromatic carbocycles. The van der Waals surface area contributed by atoms with Crippen LogP contribution >= 0.6 is 34.5 Å². The van der Waals surface area contributed by atoms with Gasteiger partial charge in [-0.3, -0.25) is 19.2 Å². The second-order valence-corrected chi connectivity index (χ2v) is 10.9. The molecule has 0 saturated carbocycles. The molecule has 212 valence electrons. The second kappa shape index (κ2) is 15.2. The van der Waals surface area contributed by atoms with Gasteiger partial charge in [0.1, 0.15) is 12.6 Å². The highest BCUT2D eigenvalue weighted by Crippen LogP contribution is 2.23. The summed E-state index contributed by atoms with van der Waals surface area (Å²) in [6, 6.07) is 7.99. The topological polar surface area (TPSA) is 96.5 Å². The number of thiophene rings is 1. The standard InChI is InChI=1S/C27H33Cl2N3O6S/c1-3-38-26(35)18-30(10-8-19-6-7-20(28)15-22(19)29)24(33)16-23-27(36)31(12-13-37-2)17-25(34)32(23)11-9-21-5-4-14-39-21/h4-7,14-15,23H,3,8-13,16-18H2,1-2H3. The van der Waals surface area contributed by atoms with E-state index in [0.29, 0.717) is 29.4 Å². The molecule has 3 rings (SSSR count). The molecule has 1 saturated heterocycles. The number of piperazine rings is 1. The Kier molecular flexibility index (Phi) is 12.0. The minimum Gasteiger partial charge on any atom is -0.465 e. The first-order valence-corrected chi connectivity index (χ1v) is 14.3. The van der Waals surface area contributed by atoms with Gasteiger partial charge in [0, 0.05) is 41.7 Å². The minimum absolute atomic E-state index is 0.0705. The summed E-state index contributed by atoms with van der Waals surface area (Å²) in [6.07, 6.45) is 0.675. The van der Waals surface area contributed by atoms with Crippen LogP contribution in [0.3, 0.4) is 0 Å². The van der Waals surface area contributed by atoms with E-state index in [1.165, 1.54) is 21.8 Å². The minimum atomic E-state index is -0.987. The van der Waals surface area contributed by atoms with Gasteiger partial charge >= 0.3 is 5.97 Å². The lowest BCUT2D eigenvalue weighted by atomic mass is 10.0. The largest absolute Gasteiger partial charge is 0.465 e. The quantitative estimate of drug-likeness (QED) is 0.310. The van der Waals surface area contributed by atoms with Gasteiger partial charge in [-0.15, -0.1) is 11.3 Å². The second-order valence-electron chi connectivity index (χ2n) is 9.00. The molecule has 9 nitrogen and oxygen atoms in total. The third-order valence-electron chi connectivity index (χ3n) is 6.38. The fourth-order valence-electron chi connectivity index (χ4n) is 4.33. The van der Waals surface area contributed by atoms with Crippen molar-refractivity contribution in [3.05, 3.63) is 56.2 Å². The van der Waals surface area contributed by atoms with Gasteiger partial charge in [0.25, 0.3) is 0 Å². The Labute approximate surface area is 242 Å². The van der Waals surface area contributed by atoms with E-state index >= 15 is 0 Å². The first-order chi connectivity index (χ1) is 18.7. The van der Waals surface area contributed by atoms with Crippen LogP contribution in [0.15, 0.2) is 35.7 Å². The van der Waals surface area contributed by atoms with E-state index in [1.807, 2.05) is 17.5 Å². The Balaban J connectivity index is 1.80. The zero-order valence-corrected chi connectivity index (χ0v) is 24.4. The first kappa shape index (κ1) is 30.9. The molecule has 0 aliphatic carbocycles. The summed E-state index contributed by atoms with van der Waals surface area (Å²) in [5.74, 6) is -1.54. The summed E-state index contributed by atoms with van der Waals surface area (Å²) in [5.41, 5.74) is 0.759. The van der Waals surface area contributed by atoms with Crippen LogP contribution < -0.4 is 0 Å². The summed E-state index contributed by atoms with van der Waals surface area (Å²) < 4.78 is 10.2. The molecule has 2 heterocycles. The SMILES string of the molecule is CCOC(=O)CN(CCc1ccc(Cl)cc1Cl)C(=O)CC1C(=O)N(CCOC)CC(=O)N1CCc1cccs1. The zero-order valence-electron chi connectivity index (χ0n) is 22.1. The monoisotopic (exact) mass is 597 g/mol. The molecule has 1 unspecified atom stereocenters. The molecule has 0 spiro atoms. The lowest BCUT2D eigenvalue weighted by molar-refractivity contribution is -0.159. The number of carbonyl (C=O) groups excluding carboxylic acids is 4. The lowest BCUT2D eigenvalue weighted by Gasteiger charge is -2.40. The number of carbonyl (C=O) groups is 4. The van der Waals surface area contributed by atoms with Crippen molar-refractivity contribution in [3.63, 3.8) is 0 Å². The maximum atomic E-state index is 13.6. The van der Waals surface area contributed by atoms with E-state index in [0.717, 1.165) is 10.4 Å². The van der Waals surface area contributed by atoms with E-state index < -0.39 is 17.9 Å². The molecule has 1 aromatic heterocycles. The molecule has 1 aliphatic rings. The van der Waals surface area contributed by atoms with Crippen LogP contribution in [0.4, 0.5) is 0 Å². The number of halogens is 2. The molecular weight excluding hydrogens is 565 g/mol. The van der Waals surface area contributed by atoms with Crippen LogP contribution in [0.25, 0.3) is 0 Å². The predicted molar refractivity (Wildman–Crippen MR) is 150 cm³/mol. The average Bonchev–Trinajstić information content (AvgIpc) is 3.42. The van der Waals surface area contributed by atoms with Crippen LogP contribution in [0.1, 0.15) is 23.8 Å². The number of methoxy groups -OCH3 is 1. The first-order valence-electron chi connectivity index (χ1n) is 12.7. The van der Waals surface area contributed by atoms with Crippen LogP contribution in [0.5, 0.6) is 0 Å². The molecule has 1 aliphatic heterocycles. The number of hydrogen-bond donors (Lipinski definition) is 0. The highest BCUT2D eigenvalue weighted by Gasteiger charge is 2.41. The zero-order chi connectivity index (χ0) is 28.4. The molecule has 2 aromatic rings. The molecule has 0 N–H and O–H groups in total. The van der Waals surface area contributed by atoms with Gasteiger partial charge < -0.3 is 24.2 Å². The molecule has 12 heteroatoms. The maximum Gasteiger partial charge on any atom is 0.325 e. The molecule has 0 radical (unpaired) electrons. The van der Waals surface area contributed by atoms with Crippen molar-refractivity contribution < 1.29 is 28.7 Å². The van der Waals surface area contributed by atoms with Gasteiger partial charge in [-0.1, -0.05) is 35.3 Å². The van der Waals surface area contributed by atoms with Crippen molar-refractivity contribution in [3.8, 4) is 0 Å². The van der Waals surface area contributed by atoms with E-state index in [2.05, 4.69) is 0 Å². The summed E-state index contributed by atoms with van der Waals surface area (Å²) in [4.78, 5) is 57.9. The number of benzene rings is 1. The average molecular weight is 599 g/mol. The van der Waals surface area contributed by atoms with E-state index in [-0.39, 0.29) is 57.6 Å². The van der Waals surface area contributed by atoms with Crippen LogP contribution in [-0.4, -0.2) is 97.5 Å². The van der Waals surface area contributed by atoms with Gasteiger partial charge in [-0.2, -0.15) is 0 Å². The van der Waals surface area contributed by atoms with Gasteiger partial charge in [-0.05, 0) is 48.9 Å². The molecule has 39 heavy (non-hydrogen) atoms. The van der Waals surface area contributed by atoms with Crippen molar-refractivity contribution in [2.75, 3.05) is 53.0 Å². The molecule has 0 bridgehead atoms. The summed E-state index contributed by atoms with van der Waals surface area (Å²) in [6.45, 7) is 2.48. The number of hydrogen-bond acceptors (Lipinski definition) is 7. The van der Waals surface area contributed by atoms with Gasteiger partial charge in [0.2, 0.25) is 17.7 Å². The van der Waals surface area contributed by atoms with Gasteiger partial charge in [0.05, 0.1) is 26.2 Å². The van der Waals surface area contributed by atoms with Crippen molar-refractivity contribution in [1.29, 1.82) is 0 Å².